The lowest BCUT2D eigenvalue weighted by Crippen LogP contribution is -2.40. The summed E-state index contributed by atoms with van der Waals surface area (Å²) >= 11 is 0. The molecule has 2 N–H and O–H groups in total. The minimum Gasteiger partial charge on any atom is -0.384 e. The van der Waals surface area contributed by atoms with E-state index in [-0.39, 0.29) is 24.0 Å². The van der Waals surface area contributed by atoms with Crippen LogP contribution in [0.4, 0.5) is 5.82 Å². The van der Waals surface area contributed by atoms with E-state index in [1.165, 1.54) is 6.42 Å². The molecule has 2 rings (SSSR count). The molecule has 1 aromatic heterocycles. The molecule has 1 aliphatic heterocycles. The van der Waals surface area contributed by atoms with Crippen molar-refractivity contribution in [2.75, 3.05) is 51.8 Å². The zero-order valence-electron chi connectivity index (χ0n) is 15.4. The summed E-state index contributed by atoms with van der Waals surface area (Å²) in [5.41, 5.74) is 0. The topological polar surface area (TPSA) is 61.8 Å². The molecule has 0 saturated carbocycles. The van der Waals surface area contributed by atoms with Gasteiger partial charge in [-0.3, -0.25) is 4.99 Å². The number of aliphatic imine (C=N–C) groups is 1. The Bertz CT molecular complexity index is 486. The molecule has 142 valence electrons. The number of pyridine rings is 1. The van der Waals surface area contributed by atoms with E-state index in [0.717, 1.165) is 63.9 Å². The van der Waals surface area contributed by atoms with Crippen molar-refractivity contribution in [3.05, 3.63) is 24.4 Å². The number of hydrogen-bond donors (Lipinski definition) is 2. The van der Waals surface area contributed by atoms with Crippen LogP contribution >= 0.6 is 24.0 Å². The highest BCUT2D eigenvalue weighted by molar-refractivity contribution is 14.0. The van der Waals surface area contributed by atoms with Crippen LogP contribution in [0.2, 0.25) is 0 Å². The SMILES string of the molecule is CCNC(=NCCCCNc1ccccn1)N1CCC(COC)C1.I. The normalized spacial score (nSPS) is 17.3. The Kier molecular flexibility index (Phi) is 11.6. The van der Waals surface area contributed by atoms with Gasteiger partial charge in [-0.15, -0.1) is 24.0 Å². The van der Waals surface area contributed by atoms with E-state index in [4.69, 9.17) is 9.73 Å². The van der Waals surface area contributed by atoms with Crippen molar-refractivity contribution in [2.45, 2.75) is 26.2 Å². The largest absolute Gasteiger partial charge is 0.384 e. The van der Waals surface area contributed by atoms with Crippen LogP contribution in [0.1, 0.15) is 26.2 Å². The van der Waals surface area contributed by atoms with Gasteiger partial charge < -0.3 is 20.3 Å². The number of aromatic nitrogens is 1. The minimum absolute atomic E-state index is 0. The van der Waals surface area contributed by atoms with Crippen molar-refractivity contribution >= 4 is 35.8 Å². The lowest BCUT2D eigenvalue weighted by Gasteiger charge is -2.21. The number of halogens is 1. The van der Waals surface area contributed by atoms with Gasteiger partial charge in [-0.2, -0.15) is 0 Å². The first-order valence-corrected chi connectivity index (χ1v) is 9.00. The van der Waals surface area contributed by atoms with Crippen molar-refractivity contribution in [1.82, 2.24) is 15.2 Å². The molecule has 7 heteroatoms. The first-order chi connectivity index (χ1) is 11.8. The standard InChI is InChI=1S/C18H31N5O.HI/c1-3-19-18(23-13-9-16(14-23)15-24-2)22-12-7-6-11-21-17-8-4-5-10-20-17;/h4-5,8,10,16H,3,6-7,9,11-15H2,1-2H3,(H,19,22)(H,20,21);1H. The van der Waals surface area contributed by atoms with E-state index >= 15 is 0 Å². The number of guanidine groups is 1. The van der Waals surface area contributed by atoms with Crippen molar-refractivity contribution in [3.8, 4) is 0 Å². The van der Waals surface area contributed by atoms with Gasteiger partial charge in [-0.05, 0) is 38.3 Å². The molecule has 1 atom stereocenters. The third-order valence-electron chi connectivity index (χ3n) is 4.14. The maximum Gasteiger partial charge on any atom is 0.193 e. The molecule has 1 unspecified atom stereocenters. The van der Waals surface area contributed by atoms with Gasteiger partial charge in [0.05, 0.1) is 6.61 Å². The molecule has 1 fully saturated rings. The number of nitrogens with zero attached hydrogens (tertiary/aromatic N) is 3. The summed E-state index contributed by atoms with van der Waals surface area (Å²) in [6.07, 6.45) is 5.16. The van der Waals surface area contributed by atoms with E-state index in [1.807, 2.05) is 24.4 Å². The van der Waals surface area contributed by atoms with Crippen molar-refractivity contribution in [3.63, 3.8) is 0 Å². The predicted molar refractivity (Wildman–Crippen MR) is 115 cm³/mol. The molecule has 0 amide bonds. The fourth-order valence-electron chi connectivity index (χ4n) is 2.93. The van der Waals surface area contributed by atoms with Crippen molar-refractivity contribution < 1.29 is 4.74 Å². The minimum atomic E-state index is 0. The van der Waals surface area contributed by atoms with Gasteiger partial charge in [0.2, 0.25) is 0 Å². The van der Waals surface area contributed by atoms with Crippen LogP contribution in [0, 0.1) is 5.92 Å². The quantitative estimate of drug-likeness (QED) is 0.256. The smallest absolute Gasteiger partial charge is 0.193 e. The summed E-state index contributed by atoms with van der Waals surface area (Å²) < 4.78 is 5.28. The van der Waals surface area contributed by atoms with Crippen LogP contribution in [-0.4, -0.2) is 62.3 Å². The average Bonchev–Trinajstić information content (AvgIpc) is 3.07. The summed E-state index contributed by atoms with van der Waals surface area (Å²) in [6, 6.07) is 5.91. The Hall–Kier alpha value is -1.09. The van der Waals surface area contributed by atoms with Gasteiger partial charge in [-0.25, -0.2) is 4.98 Å². The Morgan fingerprint density at radius 1 is 1.40 bits per heavy atom. The molecule has 0 spiro atoms. The number of ether oxygens (including phenoxy) is 1. The highest BCUT2D eigenvalue weighted by Crippen LogP contribution is 2.16. The Morgan fingerprint density at radius 2 is 2.28 bits per heavy atom. The second kappa shape index (κ2) is 13.2. The van der Waals surface area contributed by atoms with E-state index in [1.54, 1.807) is 7.11 Å². The number of unbranched alkanes of at least 4 members (excludes halogenated alkanes) is 1. The Labute approximate surface area is 168 Å². The second-order valence-electron chi connectivity index (χ2n) is 6.14. The number of methoxy groups -OCH3 is 1. The fraction of sp³-hybridized carbons (Fsp3) is 0.667. The molecule has 0 aromatic carbocycles. The molecule has 0 radical (unpaired) electrons. The van der Waals surface area contributed by atoms with Crippen LogP contribution in [0.25, 0.3) is 0 Å². The van der Waals surface area contributed by atoms with Crippen LogP contribution in [0.5, 0.6) is 0 Å². The predicted octanol–water partition coefficient (Wildman–Crippen LogP) is 2.83. The highest BCUT2D eigenvalue weighted by atomic mass is 127. The zero-order chi connectivity index (χ0) is 17.0. The first kappa shape index (κ1) is 22.0. The molecule has 25 heavy (non-hydrogen) atoms. The number of nitrogens with one attached hydrogen (secondary N) is 2. The second-order valence-corrected chi connectivity index (χ2v) is 6.14. The van der Waals surface area contributed by atoms with Gasteiger partial charge >= 0.3 is 0 Å². The average molecular weight is 461 g/mol. The molecule has 0 bridgehead atoms. The third kappa shape index (κ3) is 8.22. The van der Waals surface area contributed by atoms with Crippen molar-refractivity contribution in [1.29, 1.82) is 0 Å². The molecule has 1 saturated heterocycles. The summed E-state index contributed by atoms with van der Waals surface area (Å²) in [7, 11) is 1.78. The van der Waals surface area contributed by atoms with Crippen LogP contribution in [0.3, 0.4) is 0 Å². The number of anilines is 1. The van der Waals surface area contributed by atoms with E-state index in [0.29, 0.717) is 5.92 Å². The van der Waals surface area contributed by atoms with Gasteiger partial charge in [0.15, 0.2) is 5.96 Å². The van der Waals surface area contributed by atoms with Gasteiger partial charge in [0.1, 0.15) is 5.82 Å². The summed E-state index contributed by atoms with van der Waals surface area (Å²) in [6.45, 7) is 7.78. The van der Waals surface area contributed by atoms with E-state index in [9.17, 15) is 0 Å². The van der Waals surface area contributed by atoms with Crippen LogP contribution in [-0.2, 0) is 4.74 Å². The number of rotatable bonds is 9. The molecule has 2 heterocycles. The zero-order valence-corrected chi connectivity index (χ0v) is 17.7. The molecule has 1 aromatic rings. The van der Waals surface area contributed by atoms with E-state index < -0.39 is 0 Å². The Morgan fingerprint density at radius 3 is 3.00 bits per heavy atom. The fourth-order valence-corrected chi connectivity index (χ4v) is 2.93. The molecule has 6 nitrogen and oxygen atoms in total. The third-order valence-corrected chi connectivity index (χ3v) is 4.14. The summed E-state index contributed by atoms with van der Waals surface area (Å²) in [5, 5.41) is 6.75. The molecule has 1 aliphatic rings. The molecular formula is C18H32IN5O. The molecular weight excluding hydrogens is 429 g/mol. The summed E-state index contributed by atoms with van der Waals surface area (Å²) in [4.78, 5) is 11.4. The number of hydrogen-bond acceptors (Lipinski definition) is 4. The number of likely N-dealkylation sites (tertiary alicyclic amines) is 1. The maximum atomic E-state index is 5.28. The maximum absolute atomic E-state index is 5.28. The molecule has 0 aliphatic carbocycles. The van der Waals surface area contributed by atoms with Gasteiger partial charge in [0, 0.05) is 51.9 Å². The lowest BCUT2D eigenvalue weighted by atomic mass is 10.1. The van der Waals surface area contributed by atoms with Crippen LogP contribution < -0.4 is 10.6 Å². The first-order valence-electron chi connectivity index (χ1n) is 9.00. The Balaban J connectivity index is 0.00000312. The van der Waals surface area contributed by atoms with Crippen molar-refractivity contribution in [2.24, 2.45) is 10.9 Å². The highest BCUT2D eigenvalue weighted by Gasteiger charge is 2.24. The van der Waals surface area contributed by atoms with Gasteiger partial charge in [0.25, 0.3) is 0 Å². The summed E-state index contributed by atoms with van der Waals surface area (Å²) in [5.74, 6) is 2.62. The van der Waals surface area contributed by atoms with Crippen LogP contribution in [0.15, 0.2) is 29.4 Å². The van der Waals surface area contributed by atoms with Gasteiger partial charge in [-0.1, -0.05) is 6.07 Å². The monoisotopic (exact) mass is 461 g/mol. The van der Waals surface area contributed by atoms with E-state index in [2.05, 4.69) is 27.4 Å². The lowest BCUT2D eigenvalue weighted by molar-refractivity contribution is 0.157.